The summed E-state index contributed by atoms with van der Waals surface area (Å²) in [6, 6.07) is 13.8. The number of rotatable bonds is 7. The Morgan fingerprint density at radius 2 is 1.68 bits per heavy atom. The maximum absolute atomic E-state index is 13.5. The molecule has 0 atom stereocenters. The van der Waals surface area contributed by atoms with Crippen LogP contribution in [0.5, 0.6) is 0 Å². The number of carboxylic acids is 1. The van der Waals surface area contributed by atoms with Crippen LogP contribution in [-0.4, -0.2) is 39.0 Å². The summed E-state index contributed by atoms with van der Waals surface area (Å²) in [5.41, 5.74) is 3.61. The van der Waals surface area contributed by atoms with E-state index in [1.807, 2.05) is 64.1 Å². The number of carboxylic acid groups (broad SMARTS) is 1. The van der Waals surface area contributed by atoms with Crippen molar-refractivity contribution in [2.45, 2.75) is 90.8 Å². The number of nitrogens with zero attached hydrogens (tertiary/aromatic N) is 1. The van der Waals surface area contributed by atoms with Crippen LogP contribution in [0.1, 0.15) is 92.1 Å². The van der Waals surface area contributed by atoms with Crippen molar-refractivity contribution in [2.24, 2.45) is 11.8 Å². The molecule has 0 spiro atoms. The number of hydrogen-bond donors (Lipinski definition) is 3. The molecule has 7 heteroatoms. The fourth-order valence-electron chi connectivity index (χ4n) is 6.23. The van der Waals surface area contributed by atoms with Crippen LogP contribution in [0.15, 0.2) is 42.5 Å². The van der Waals surface area contributed by atoms with Crippen molar-refractivity contribution in [1.29, 1.82) is 0 Å². The first-order valence-electron chi connectivity index (χ1n) is 14.6. The highest BCUT2D eigenvalue weighted by molar-refractivity contribution is 6.05. The predicted molar refractivity (Wildman–Crippen MR) is 158 cm³/mol. The van der Waals surface area contributed by atoms with E-state index < -0.39 is 5.97 Å². The average molecular weight is 544 g/mol. The standard InChI is InChI=1S/C33H41N3O4/c1-20-27(31(38)34-25-15-24(16-25)32(39)40)18-29(36(20)19-21-10-6-5-7-11-21)28-17-23(30(37)35-33(2,3)4)14-22-12-8-9-13-26(22)28/h8-9,12-14,17-18,21,24-25H,5-7,10-11,15-16,19H2,1-4H3,(H,34,38)(H,35,37)(H,39,40). The van der Waals surface area contributed by atoms with Gasteiger partial charge in [-0.25, -0.2) is 0 Å². The normalized spacial score (nSPS) is 19.7. The van der Waals surface area contributed by atoms with Gasteiger partial charge in [-0.3, -0.25) is 14.4 Å². The second-order valence-electron chi connectivity index (χ2n) is 12.8. The Morgan fingerprint density at radius 3 is 2.35 bits per heavy atom. The molecule has 1 aromatic heterocycles. The van der Waals surface area contributed by atoms with Crippen LogP contribution >= 0.6 is 0 Å². The zero-order valence-corrected chi connectivity index (χ0v) is 24.0. The summed E-state index contributed by atoms with van der Waals surface area (Å²) in [4.78, 5) is 38.0. The number of nitrogens with one attached hydrogen (secondary N) is 2. The van der Waals surface area contributed by atoms with Crippen LogP contribution in [-0.2, 0) is 11.3 Å². The fourth-order valence-corrected chi connectivity index (χ4v) is 6.23. The molecule has 3 N–H and O–H groups in total. The first-order valence-corrected chi connectivity index (χ1v) is 14.6. The van der Waals surface area contributed by atoms with Gasteiger partial charge in [-0.05, 0) is 88.3 Å². The van der Waals surface area contributed by atoms with Gasteiger partial charge in [-0.2, -0.15) is 0 Å². The molecule has 7 nitrogen and oxygen atoms in total. The monoisotopic (exact) mass is 543 g/mol. The molecule has 0 aliphatic heterocycles. The second-order valence-corrected chi connectivity index (χ2v) is 12.8. The number of carbonyl (C=O) groups is 3. The minimum Gasteiger partial charge on any atom is -0.481 e. The van der Waals surface area contributed by atoms with Gasteiger partial charge in [0, 0.05) is 40.6 Å². The molecule has 40 heavy (non-hydrogen) atoms. The predicted octanol–water partition coefficient (Wildman–Crippen LogP) is 6.32. The second kappa shape index (κ2) is 11.1. The molecule has 2 aliphatic carbocycles. The topological polar surface area (TPSA) is 100 Å². The van der Waals surface area contributed by atoms with E-state index in [4.69, 9.17) is 0 Å². The van der Waals surface area contributed by atoms with E-state index in [2.05, 4.69) is 21.3 Å². The average Bonchev–Trinajstić information content (AvgIpc) is 3.20. The maximum Gasteiger partial charge on any atom is 0.306 e. The minimum atomic E-state index is -0.801. The lowest BCUT2D eigenvalue weighted by molar-refractivity contribution is -0.145. The number of aromatic nitrogens is 1. The molecule has 5 rings (SSSR count). The lowest BCUT2D eigenvalue weighted by atomic mass is 9.80. The third-order valence-corrected chi connectivity index (χ3v) is 8.49. The van der Waals surface area contributed by atoms with Crippen molar-refractivity contribution in [3.05, 3.63) is 59.3 Å². The molecule has 3 aromatic rings. The number of hydrogen-bond acceptors (Lipinski definition) is 3. The van der Waals surface area contributed by atoms with E-state index >= 15 is 0 Å². The number of amides is 2. The van der Waals surface area contributed by atoms with Crippen molar-refractivity contribution in [2.75, 3.05) is 0 Å². The number of benzene rings is 2. The van der Waals surface area contributed by atoms with E-state index in [0.29, 0.717) is 29.9 Å². The van der Waals surface area contributed by atoms with Gasteiger partial charge in [0.1, 0.15) is 0 Å². The van der Waals surface area contributed by atoms with Gasteiger partial charge in [-0.1, -0.05) is 43.5 Å². The van der Waals surface area contributed by atoms with Crippen molar-refractivity contribution in [1.82, 2.24) is 15.2 Å². The van der Waals surface area contributed by atoms with Gasteiger partial charge in [0.05, 0.1) is 11.5 Å². The van der Waals surface area contributed by atoms with E-state index in [-0.39, 0.29) is 29.3 Å². The van der Waals surface area contributed by atoms with Crippen molar-refractivity contribution in [3.63, 3.8) is 0 Å². The smallest absolute Gasteiger partial charge is 0.306 e. The van der Waals surface area contributed by atoms with Crippen molar-refractivity contribution < 1.29 is 19.5 Å². The zero-order valence-electron chi connectivity index (χ0n) is 24.0. The summed E-state index contributed by atoms with van der Waals surface area (Å²) in [5.74, 6) is -0.939. The Morgan fingerprint density at radius 1 is 0.975 bits per heavy atom. The summed E-state index contributed by atoms with van der Waals surface area (Å²) in [6.45, 7) is 8.73. The summed E-state index contributed by atoms with van der Waals surface area (Å²) >= 11 is 0. The van der Waals surface area contributed by atoms with Crippen molar-refractivity contribution in [3.8, 4) is 11.3 Å². The van der Waals surface area contributed by atoms with E-state index in [9.17, 15) is 19.5 Å². The molecule has 2 aromatic carbocycles. The molecule has 2 saturated carbocycles. The largest absolute Gasteiger partial charge is 0.481 e. The fraction of sp³-hybridized carbons (Fsp3) is 0.485. The van der Waals surface area contributed by atoms with Crippen LogP contribution in [0.3, 0.4) is 0 Å². The van der Waals surface area contributed by atoms with Gasteiger partial charge in [0.15, 0.2) is 0 Å². The zero-order chi connectivity index (χ0) is 28.6. The molecule has 2 fully saturated rings. The van der Waals surface area contributed by atoms with Crippen molar-refractivity contribution >= 4 is 28.6 Å². The van der Waals surface area contributed by atoms with E-state index in [1.165, 1.54) is 32.1 Å². The SMILES string of the molecule is Cc1c(C(=O)NC2CC(C(=O)O)C2)cc(-c2cc(C(=O)NC(C)(C)C)cc3ccccc23)n1CC1CCCCC1. The van der Waals surface area contributed by atoms with Gasteiger partial charge in [-0.15, -0.1) is 0 Å². The van der Waals surface area contributed by atoms with Crippen LogP contribution in [0, 0.1) is 18.8 Å². The molecule has 0 radical (unpaired) electrons. The highest BCUT2D eigenvalue weighted by Crippen LogP contribution is 2.36. The first-order chi connectivity index (χ1) is 19.0. The van der Waals surface area contributed by atoms with Gasteiger partial charge in [0.25, 0.3) is 11.8 Å². The van der Waals surface area contributed by atoms with Gasteiger partial charge >= 0.3 is 5.97 Å². The van der Waals surface area contributed by atoms with E-state index in [0.717, 1.165) is 34.3 Å². The number of carbonyl (C=O) groups excluding carboxylic acids is 2. The Hall–Kier alpha value is -3.61. The summed E-state index contributed by atoms with van der Waals surface area (Å²) in [7, 11) is 0. The Balaban J connectivity index is 1.57. The quantitative estimate of drug-likeness (QED) is 0.325. The molecular weight excluding hydrogens is 502 g/mol. The summed E-state index contributed by atoms with van der Waals surface area (Å²) < 4.78 is 2.28. The summed E-state index contributed by atoms with van der Waals surface area (Å²) in [5, 5.41) is 17.4. The van der Waals surface area contributed by atoms with Gasteiger partial charge < -0.3 is 20.3 Å². The molecule has 1 heterocycles. The molecule has 212 valence electrons. The first kappa shape index (κ1) is 27.9. The molecule has 0 unspecified atom stereocenters. The number of fused-ring (bicyclic) bond motifs is 1. The third kappa shape index (κ3) is 5.93. The molecular formula is C33H41N3O4. The minimum absolute atomic E-state index is 0.122. The van der Waals surface area contributed by atoms with Crippen LogP contribution in [0.4, 0.5) is 0 Å². The Kier molecular flexibility index (Phi) is 7.76. The van der Waals surface area contributed by atoms with Crippen LogP contribution in [0.2, 0.25) is 0 Å². The maximum atomic E-state index is 13.5. The lowest BCUT2D eigenvalue weighted by Gasteiger charge is -2.32. The molecule has 2 aliphatic rings. The van der Waals surface area contributed by atoms with E-state index in [1.54, 1.807) is 0 Å². The van der Waals surface area contributed by atoms with Gasteiger partial charge in [0.2, 0.25) is 0 Å². The molecule has 0 saturated heterocycles. The molecule has 2 amide bonds. The summed E-state index contributed by atoms with van der Waals surface area (Å²) in [6.07, 6.45) is 7.00. The molecule has 0 bridgehead atoms. The lowest BCUT2D eigenvalue weighted by Crippen LogP contribution is -2.46. The number of aliphatic carboxylic acids is 1. The highest BCUT2D eigenvalue weighted by Gasteiger charge is 2.36. The third-order valence-electron chi connectivity index (χ3n) is 8.49. The Labute approximate surface area is 236 Å². The van der Waals surface area contributed by atoms with Crippen LogP contribution < -0.4 is 10.6 Å². The Bertz CT molecular complexity index is 1440. The highest BCUT2D eigenvalue weighted by atomic mass is 16.4. The van der Waals surface area contributed by atoms with Crippen LogP contribution in [0.25, 0.3) is 22.0 Å².